The predicted octanol–water partition coefficient (Wildman–Crippen LogP) is 0.528. The number of carbonyl (C=O) groups excluding carboxylic acids is 2. The number of nitrogen functional groups attached to an aromatic ring is 1. The Kier molecular flexibility index (Phi) is 7.11. The van der Waals surface area contributed by atoms with E-state index in [0.29, 0.717) is 22.0 Å². The Bertz CT molecular complexity index is 1600. The normalized spacial score (nSPS) is 22.4. The Morgan fingerprint density at radius 3 is 2.98 bits per heavy atom. The molecule has 206 valence electrons. The van der Waals surface area contributed by atoms with Gasteiger partial charge in [0.25, 0.3) is 11.8 Å². The average Bonchev–Trinajstić information content (AvgIpc) is 3.72. The third kappa shape index (κ3) is 5.00. The van der Waals surface area contributed by atoms with E-state index < -0.39 is 29.2 Å². The maximum Gasteiger partial charge on any atom is 0.352 e. The van der Waals surface area contributed by atoms with Crippen molar-refractivity contribution < 1.29 is 24.3 Å². The van der Waals surface area contributed by atoms with Crippen LogP contribution >= 0.6 is 34.9 Å². The number of carboxylic acids is 1. The van der Waals surface area contributed by atoms with E-state index in [-0.39, 0.29) is 34.1 Å². The smallest absolute Gasteiger partial charge is 0.352 e. The molecule has 5 heterocycles. The molecule has 1 aliphatic carbocycles. The molecule has 0 saturated carbocycles. The zero-order valence-electron chi connectivity index (χ0n) is 20.4. The summed E-state index contributed by atoms with van der Waals surface area (Å²) in [6.07, 6.45) is 5.14. The Balaban J connectivity index is 1.17. The molecule has 3 unspecified atom stereocenters. The number of rotatable bonds is 9. The molecule has 1 fully saturated rings. The van der Waals surface area contributed by atoms with Gasteiger partial charge in [-0.1, -0.05) is 11.2 Å². The minimum Gasteiger partial charge on any atom is -0.477 e. The molecule has 0 aromatic carbocycles. The van der Waals surface area contributed by atoms with Crippen LogP contribution in [0.3, 0.4) is 0 Å². The molecule has 2 aliphatic heterocycles. The number of aliphatic carboxylic acids is 1. The first-order valence-electron chi connectivity index (χ1n) is 11.9. The van der Waals surface area contributed by atoms with E-state index in [1.54, 1.807) is 17.5 Å². The summed E-state index contributed by atoms with van der Waals surface area (Å²) in [5.74, 6) is -1.78. The largest absolute Gasteiger partial charge is 0.477 e. The number of oxime groups is 1. The van der Waals surface area contributed by atoms with E-state index in [1.165, 1.54) is 33.1 Å². The number of aromatic nitrogens is 6. The minimum atomic E-state index is -1.22. The van der Waals surface area contributed by atoms with Gasteiger partial charge in [0.2, 0.25) is 0 Å². The monoisotopic (exact) mass is 600 g/mol. The first-order valence-corrected chi connectivity index (χ1v) is 14.8. The maximum absolute atomic E-state index is 13.2. The van der Waals surface area contributed by atoms with Gasteiger partial charge in [0.15, 0.2) is 16.5 Å². The number of hydrogen-bond donors (Lipinski definition) is 3. The first kappa shape index (κ1) is 26.2. The number of nitrogens with one attached hydrogen (secondary N) is 1. The van der Waals surface area contributed by atoms with Gasteiger partial charge >= 0.3 is 5.97 Å². The second-order valence-corrected chi connectivity index (χ2v) is 11.8. The predicted molar refractivity (Wildman–Crippen MR) is 145 cm³/mol. The highest BCUT2D eigenvalue weighted by atomic mass is 32.2. The lowest BCUT2D eigenvalue weighted by Crippen LogP contribution is -2.71. The molecular weight excluding hydrogens is 581 g/mol. The number of nitrogens with zero attached hydrogens (tertiary/aromatic N) is 8. The Hall–Kier alpha value is -4.03. The number of fused-ring (bicyclic) bond motifs is 2. The number of amides is 2. The van der Waals surface area contributed by atoms with E-state index in [1.807, 2.05) is 12.2 Å². The molecule has 0 spiro atoms. The van der Waals surface area contributed by atoms with Gasteiger partial charge in [0.1, 0.15) is 33.9 Å². The van der Waals surface area contributed by atoms with Crippen molar-refractivity contribution in [1.29, 1.82) is 0 Å². The Morgan fingerprint density at radius 2 is 2.23 bits per heavy atom. The molecule has 3 aliphatic rings. The van der Waals surface area contributed by atoms with Crippen LogP contribution < -0.4 is 11.1 Å². The van der Waals surface area contributed by atoms with Crippen molar-refractivity contribution in [2.75, 3.05) is 17.2 Å². The standard InChI is InChI=1S/C22H20N10O5S3/c23-22-24-12(9-40-22)15(28-37-11-3-1-2-4-11)18(33)25-16-19(34)31-17(21(35)36)10(8-39-20(16)31)7-38-14-6-5-13-26-29-30-32(13)27-14/h1,3,5-6,9,11,16,20H,2,4,7-8H2,(H2,23,24)(H,25,33)(H,35,36)/b28-15+. The van der Waals surface area contributed by atoms with Crippen molar-refractivity contribution in [2.24, 2.45) is 5.16 Å². The molecule has 15 nitrogen and oxygen atoms in total. The van der Waals surface area contributed by atoms with Crippen LogP contribution in [0.25, 0.3) is 5.65 Å². The number of anilines is 1. The summed E-state index contributed by atoms with van der Waals surface area (Å²) in [4.78, 5) is 49.5. The number of nitrogens with two attached hydrogens (primary N) is 1. The fraction of sp³-hybridized carbons (Fsp3) is 0.318. The molecule has 40 heavy (non-hydrogen) atoms. The molecule has 0 bridgehead atoms. The lowest BCUT2D eigenvalue weighted by Gasteiger charge is -2.49. The second-order valence-electron chi connectivity index (χ2n) is 8.77. The molecule has 3 atom stereocenters. The Labute approximate surface area is 237 Å². The van der Waals surface area contributed by atoms with E-state index in [4.69, 9.17) is 10.6 Å². The Morgan fingerprint density at radius 1 is 1.35 bits per heavy atom. The zero-order valence-corrected chi connectivity index (χ0v) is 22.9. The molecule has 0 radical (unpaired) electrons. The fourth-order valence-electron chi connectivity index (χ4n) is 4.29. The fourth-order valence-corrected chi connectivity index (χ4v) is 7.17. The highest BCUT2D eigenvalue weighted by Gasteiger charge is 2.54. The van der Waals surface area contributed by atoms with Crippen LogP contribution in [0.4, 0.5) is 5.13 Å². The van der Waals surface area contributed by atoms with Crippen molar-refractivity contribution in [2.45, 2.75) is 35.4 Å². The SMILES string of the molecule is Nc1nc(/C(=N\OC2C=CCC2)C(=O)NC2C(=O)N3C(C(=O)O)=C(CSc4ccc5nnnn5n4)CSC23)cs1. The number of hydrogen-bond acceptors (Lipinski definition) is 14. The van der Waals surface area contributed by atoms with Gasteiger partial charge < -0.3 is 21.0 Å². The molecule has 4 N–H and O–H groups in total. The lowest BCUT2D eigenvalue weighted by atomic mass is 10.0. The third-order valence-electron chi connectivity index (χ3n) is 6.20. The first-order chi connectivity index (χ1) is 19.4. The lowest BCUT2D eigenvalue weighted by molar-refractivity contribution is -0.150. The average molecular weight is 601 g/mol. The van der Waals surface area contributed by atoms with E-state index in [2.05, 4.69) is 36.1 Å². The summed E-state index contributed by atoms with van der Waals surface area (Å²) in [5, 5.41) is 33.9. The van der Waals surface area contributed by atoms with Crippen LogP contribution in [-0.4, -0.2) is 92.8 Å². The molecule has 1 saturated heterocycles. The van der Waals surface area contributed by atoms with Gasteiger partial charge in [0, 0.05) is 16.9 Å². The number of carbonyl (C=O) groups is 3. The van der Waals surface area contributed by atoms with Crippen molar-refractivity contribution in [3.8, 4) is 0 Å². The summed E-state index contributed by atoms with van der Waals surface area (Å²) < 4.78 is 1.28. The van der Waals surface area contributed by atoms with Gasteiger partial charge in [-0.25, -0.2) is 9.78 Å². The summed E-state index contributed by atoms with van der Waals surface area (Å²) in [6, 6.07) is 2.49. The van der Waals surface area contributed by atoms with Gasteiger partial charge in [-0.05, 0) is 47.1 Å². The minimum absolute atomic E-state index is 0.0900. The number of carboxylic acid groups (broad SMARTS) is 1. The van der Waals surface area contributed by atoms with Crippen molar-refractivity contribution in [3.63, 3.8) is 0 Å². The summed E-state index contributed by atoms with van der Waals surface area (Å²) in [6.45, 7) is 0. The highest BCUT2D eigenvalue weighted by Crippen LogP contribution is 2.41. The van der Waals surface area contributed by atoms with Crippen LogP contribution in [0.15, 0.2) is 51.1 Å². The second kappa shape index (κ2) is 10.9. The van der Waals surface area contributed by atoms with E-state index >= 15 is 0 Å². The topological polar surface area (TPSA) is 203 Å². The van der Waals surface area contributed by atoms with Crippen LogP contribution in [0.2, 0.25) is 0 Å². The summed E-state index contributed by atoms with van der Waals surface area (Å²) in [7, 11) is 0. The quantitative estimate of drug-likeness (QED) is 0.101. The van der Waals surface area contributed by atoms with Crippen LogP contribution in [-0.2, 0) is 19.2 Å². The molecule has 3 aromatic heterocycles. The summed E-state index contributed by atoms with van der Waals surface area (Å²) >= 11 is 3.81. The van der Waals surface area contributed by atoms with Crippen LogP contribution in [0.1, 0.15) is 18.5 Å². The number of β-lactam (4-membered cyclic amide) rings is 1. The number of allylic oxidation sites excluding steroid dienone is 1. The molecule has 18 heteroatoms. The van der Waals surface area contributed by atoms with E-state index in [0.717, 1.165) is 24.2 Å². The molecular formula is C22H20N10O5S3. The van der Waals surface area contributed by atoms with Gasteiger partial charge in [-0.2, -0.15) is 0 Å². The highest BCUT2D eigenvalue weighted by molar-refractivity contribution is 8.01. The molecule has 3 aromatic rings. The van der Waals surface area contributed by atoms with Crippen molar-refractivity contribution >= 4 is 69.1 Å². The molecule has 6 rings (SSSR count). The van der Waals surface area contributed by atoms with Crippen LogP contribution in [0.5, 0.6) is 0 Å². The van der Waals surface area contributed by atoms with Gasteiger partial charge in [-0.15, -0.1) is 49.7 Å². The van der Waals surface area contributed by atoms with Crippen LogP contribution in [0, 0.1) is 0 Å². The van der Waals surface area contributed by atoms with Gasteiger partial charge in [0.05, 0.1) is 0 Å². The molecule has 2 amide bonds. The maximum atomic E-state index is 13.2. The van der Waals surface area contributed by atoms with Gasteiger partial charge in [-0.3, -0.25) is 14.5 Å². The number of thioether (sulfide) groups is 2. The summed E-state index contributed by atoms with van der Waals surface area (Å²) in [5.41, 5.74) is 6.82. The van der Waals surface area contributed by atoms with E-state index in [9.17, 15) is 19.5 Å². The van der Waals surface area contributed by atoms with Crippen molar-refractivity contribution in [3.05, 3.63) is 46.6 Å². The zero-order chi connectivity index (χ0) is 27.8. The number of thiazole rings is 1. The third-order valence-corrected chi connectivity index (χ3v) is 9.22. The number of tetrazole rings is 1. The van der Waals surface area contributed by atoms with Crippen molar-refractivity contribution in [1.82, 2.24) is 40.5 Å².